The Hall–Kier alpha value is -0.950. The Morgan fingerprint density at radius 1 is 1.33 bits per heavy atom. The van der Waals surface area contributed by atoms with Crippen molar-refractivity contribution >= 4 is 22.5 Å². The Balaban J connectivity index is 2.97. The first-order valence-electron chi connectivity index (χ1n) is 3.93. The maximum atomic E-state index is 6.04. The van der Waals surface area contributed by atoms with Gasteiger partial charge in [0.25, 0.3) is 0 Å². The van der Waals surface area contributed by atoms with E-state index in [0.717, 1.165) is 10.6 Å². The van der Waals surface area contributed by atoms with E-state index in [4.69, 9.17) is 11.6 Å². The molecule has 0 fully saturated rings. The van der Waals surface area contributed by atoms with Crippen molar-refractivity contribution in [3.05, 3.63) is 34.5 Å². The van der Waals surface area contributed by atoms with E-state index in [-0.39, 0.29) is 0 Å². The predicted octanol–water partition coefficient (Wildman–Crippen LogP) is 3.44. The zero-order valence-electron chi connectivity index (χ0n) is 7.11. The first-order chi connectivity index (χ1) is 5.70. The topological polar surface area (TPSA) is 15.8 Å². The normalized spacial score (nSPS) is 10.9. The lowest BCUT2D eigenvalue weighted by Gasteiger charge is -2.02. The summed E-state index contributed by atoms with van der Waals surface area (Å²) < 4.78 is 0. The molecule has 12 heavy (non-hydrogen) atoms. The fraction of sp³-hybridized carbons (Fsp3) is 0.200. The summed E-state index contributed by atoms with van der Waals surface area (Å²) in [4.78, 5) is 3.20. The molecule has 0 aliphatic heterocycles. The molecule has 0 unspecified atom stereocenters. The van der Waals surface area contributed by atoms with Gasteiger partial charge in [0, 0.05) is 22.1 Å². The van der Waals surface area contributed by atoms with Crippen LogP contribution in [0.3, 0.4) is 0 Å². The van der Waals surface area contributed by atoms with E-state index < -0.39 is 0 Å². The smallest absolute Gasteiger partial charge is 0.0487 e. The Kier molecular flexibility index (Phi) is 1.62. The second kappa shape index (κ2) is 2.53. The van der Waals surface area contributed by atoms with Crippen LogP contribution in [-0.4, -0.2) is 4.98 Å². The summed E-state index contributed by atoms with van der Waals surface area (Å²) in [6, 6.07) is 4.05. The van der Waals surface area contributed by atoms with Crippen molar-refractivity contribution in [2.45, 2.75) is 13.8 Å². The molecule has 1 N–H and O–H groups in total. The maximum Gasteiger partial charge on any atom is 0.0487 e. The molecule has 0 saturated heterocycles. The van der Waals surface area contributed by atoms with Crippen LogP contribution in [0.2, 0.25) is 5.02 Å². The zero-order chi connectivity index (χ0) is 8.72. The number of H-pyrrole nitrogens is 1. The predicted molar refractivity (Wildman–Crippen MR) is 52.8 cm³/mol. The number of hydrogen-bond donors (Lipinski definition) is 1. The van der Waals surface area contributed by atoms with Crippen LogP contribution in [0.5, 0.6) is 0 Å². The minimum absolute atomic E-state index is 0.847. The number of benzene rings is 1. The molecule has 0 radical (unpaired) electrons. The molecule has 0 amide bonds. The Bertz CT molecular complexity index is 429. The van der Waals surface area contributed by atoms with Crippen LogP contribution < -0.4 is 0 Å². The summed E-state index contributed by atoms with van der Waals surface area (Å²) in [5.41, 5.74) is 3.54. The van der Waals surface area contributed by atoms with Gasteiger partial charge >= 0.3 is 0 Å². The van der Waals surface area contributed by atoms with E-state index in [0.29, 0.717) is 0 Å². The third-order valence-electron chi connectivity index (χ3n) is 2.25. The summed E-state index contributed by atoms with van der Waals surface area (Å²) in [5, 5.41) is 2.07. The number of fused-ring (bicyclic) bond motifs is 1. The molecule has 2 heteroatoms. The monoisotopic (exact) mass is 179 g/mol. The van der Waals surface area contributed by atoms with Crippen LogP contribution >= 0.6 is 11.6 Å². The molecule has 62 valence electrons. The van der Waals surface area contributed by atoms with E-state index in [1.807, 2.05) is 19.2 Å². The number of halogens is 1. The fourth-order valence-corrected chi connectivity index (χ4v) is 1.77. The Morgan fingerprint density at radius 2 is 2.08 bits per heavy atom. The summed E-state index contributed by atoms with van der Waals surface area (Å²) in [6.45, 7) is 4.10. The number of aryl methyl sites for hydroxylation is 2. The van der Waals surface area contributed by atoms with Crippen molar-refractivity contribution in [1.29, 1.82) is 0 Å². The van der Waals surface area contributed by atoms with Crippen molar-refractivity contribution in [3.63, 3.8) is 0 Å². The van der Waals surface area contributed by atoms with Gasteiger partial charge in [-0.2, -0.15) is 0 Å². The lowest BCUT2D eigenvalue weighted by Crippen LogP contribution is -1.81. The highest BCUT2D eigenvalue weighted by atomic mass is 35.5. The lowest BCUT2D eigenvalue weighted by atomic mass is 10.1. The molecule has 0 spiro atoms. The molecular weight excluding hydrogens is 170 g/mol. The van der Waals surface area contributed by atoms with Gasteiger partial charge < -0.3 is 4.98 Å². The van der Waals surface area contributed by atoms with Gasteiger partial charge in [-0.3, -0.25) is 0 Å². The van der Waals surface area contributed by atoms with E-state index in [1.165, 1.54) is 16.5 Å². The minimum atomic E-state index is 0.847. The summed E-state index contributed by atoms with van der Waals surface area (Å²) >= 11 is 6.04. The Labute approximate surface area is 76.4 Å². The van der Waals surface area contributed by atoms with Crippen molar-refractivity contribution < 1.29 is 0 Å². The molecule has 0 aliphatic rings. The van der Waals surface area contributed by atoms with Crippen LogP contribution in [0, 0.1) is 13.8 Å². The molecule has 2 aromatic rings. The molecule has 0 atom stereocenters. The van der Waals surface area contributed by atoms with Gasteiger partial charge in [-0.15, -0.1) is 0 Å². The summed E-state index contributed by atoms with van der Waals surface area (Å²) in [5.74, 6) is 0. The van der Waals surface area contributed by atoms with E-state index in [1.54, 1.807) is 0 Å². The zero-order valence-corrected chi connectivity index (χ0v) is 7.87. The molecule has 2 rings (SSSR count). The third kappa shape index (κ3) is 0.935. The first-order valence-corrected chi connectivity index (χ1v) is 4.30. The van der Waals surface area contributed by atoms with Gasteiger partial charge in [0.15, 0.2) is 0 Å². The molecule has 0 aliphatic carbocycles. The Morgan fingerprint density at radius 3 is 2.83 bits per heavy atom. The largest absolute Gasteiger partial charge is 0.361 e. The minimum Gasteiger partial charge on any atom is -0.361 e. The van der Waals surface area contributed by atoms with Gasteiger partial charge in [0.1, 0.15) is 0 Å². The molecule has 1 nitrogen and oxygen atoms in total. The lowest BCUT2D eigenvalue weighted by molar-refractivity contribution is 1.40. The number of rotatable bonds is 0. The molecular formula is C10H10ClN. The number of aromatic nitrogens is 1. The highest BCUT2D eigenvalue weighted by Crippen LogP contribution is 2.27. The van der Waals surface area contributed by atoms with Gasteiger partial charge in [-0.05, 0) is 37.1 Å². The van der Waals surface area contributed by atoms with Crippen LogP contribution in [0.25, 0.3) is 10.9 Å². The van der Waals surface area contributed by atoms with Crippen molar-refractivity contribution in [3.8, 4) is 0 Å². The summed E-state index contributed by atoms with van der Waals surface area (Å²) in [6.07, 6.45) is 1.95. The van der Waals surface area contributed by atoms with Crippen LogP contribution in [-0.2, 0) is 0 Å². The van der Waals surface area contributed by atoms with Crippen molar-refractivity contribution in [1.82, 2.24) is 4.98 Å². The molecule has 0 bridgehead atoms. The van der Waals surface area contributed by atoms with Gasteiger partial charge in [0.05, 0.1) is 0 Å². The molecule has 1 heterocycles. The highest BCUT2D eigenvalue weighted by molar-refractivity contribution is 6.32. The first kappa shape index (κ1) is 7.69. The van der Waals surface area contributed by atoms with Crippen LogP contribution in [0.15, 0.2) is 18.3 Å². The van der Waals surface area contributed by atoms with Crippen molar-refractivity contribution in [2.75, 3.05) is 0 Å². The fourth-order valence-electron chi connectivity index (χ4n) is 1.51. The highest BCUT2D eigenvalue weighted by Gasteiger charge is 2.04. The maximum absolute atomic E-state index is 6.04. The van der Waals surface area contributed by atoms with Gasteiger partial charge in [0.2, 0.25) is 0 Å². The number of nitrogens with one attached hydrogen (secondary N) is 1. The van der Waals surface area contributed by atoms with Crippen LogP contribution in [0.1, 0.15) is 11.1 Å². The standard InChI is InChI=1S/C10H10ClN/c1-6-5-9(11)7(2)8-3-4-12-10(6)8/h3-5,12H,1-2H3. The second-order valence-electron chi connectivity index (χ2n) is 3.07. The number of aromatic amines is 1. The van der Waals surface area contributed by atoms with Crippen LogP contribution in [0.4, 0.5) is 0 Å². The van der Waals surface area contributed by atoms with E-state index >= 15 is 0 Å². The molecule has 1 aromatic heterocycles. The average molecular weight is 180 g/mol. The average Bonchev–Trinajstić information content (AvgIpc) is 2.48. The summed E-state index contributed by atoms with van der Waals surface area (Å²) in [7, 11) is 0. The SMILES string of the molecule is Cc1c(Cl)cc(C)c2[nH]ccc12. The quantitative estimate of drug-likeness (QED) is 0.638. The third-order valence-corrected chi connectivity index (χ3v) is 2.64. The molecule has 0 saturated carbocycles. The van der Waals surface area contributed by atoms with E-state index in [2.05, 4.69) is 18.0 Å². The number of hydrogen-bond acceptors (Lipinski definition) is 0. The van der Waals surface area contributed by atoms with Gasteiger partial charge in [-0.25, -0.2) is 0 Å². The van der Waals surface area contributed by atoms with Crippen molar-refractivity contribution in [2.24, 2.45) is 0 Å². The molecule has 1 aromatic carbocycles. The second-order valence-corrected chi connectivity index (χ2v) is 3.47. The van der Waals surface area contributed by atoms with Gasteiger partial charge in [-0.1, -0.05) is 11.6 Å². The van der Waals surface area contributed by atoms with E-state index in [9.17, 15) is 0 Å².